The molecule has 0 amide bonds. The maximum Gasteiger partial charge on any atom is 0.336 e. The fourth-order valence-electron chi connectivity index (χ4n) is 3.49. The monoisotopic (exact) mass is 380 g/mol. The minimum atomic E-state index is -0.318. The van der Waals surface area contributed by atoms with Crippen LogP contribution in [0.25, 0.3) is 11.0 Å². The number of benzene rings is 2. The Morgan fingerprint density at radius 1 is 1.11 bits per heavy atom. The van der Waals surface area contributed by atoms with E-state index in [-0.39, 0.29) is 11.7 Å². The molecule has 1 heterocycles. The molecule has 0 unspecified atom stereocenters. The summed E-state index contributed by atoms with van der Waals surface area (Å²) < 4.78 is 10.9. The van der Waals surface area contributed by atoms with Gasteiger partial charge in [-0.1, -0.05) is 18.2 Å². The number of methoxy groups -OCH3 is 1. The van der Waals surface area contributed by atoms with Gasteiger partial charge in [0.15, 0.2) is 0 Å². The number of ether oxygens (including phenoxy) is 1. The van der Waals surface area contributed by atoms with Crippen LogP contribution in [0.2, 0.25) is 0 Å². The van der Waals surface area contributed by atoms with E-state index in [0.717, 1.165) is 34.4 Å². The molecule has 0 fully saturated rings. The second kappa shape index (κ2) is 8.59. The van der Waals surface area contributed by atoms with Crippen LogP contribution in [0, 0.1) is 13.8 Å². The first kappa shape index (κ1) is 20.1. The molecule has 148 valence electrons. The molecule has 0 aliphatic carbocycles. The Labute approximate surface area is 165 Å². The molecule has 5 heteroatoms. The van der Waals surface area contributed by atoms with Crippen molar-refractivity contribution in [1.29, 1.82) is 0 Å². The Kier molecular flexibility index (Phi) is 6.17. The molecule has 0 bridgehead atoms. The summed E-state index contributed by atoms with van der Waals surface area (Å²) in [6.45, 7) is 5.40. The van der Waals surface area contributed by atoms with E-state index in [4.69, 9.17) is 9.15 Å². The summed E-state index contributed by atoms with van der Waals surface area (Å²) in [5, 5.41) is 4.49. The number of rotatable bonds is 7. The van der Waals surface area contributed by atoms with Gasteiger partial charge >= 0.3 is 5.63 Å². The highest BCUT2D eigenvalue weighted by molar-refractivity contribution is 5.81. The minimum Gasteiger partial charge on any atom is -0.496 e. The third-order valence-corrected chi connectivity index (χ3v) is 5.22. The van der Waals surface area contributed by atoms with E-state index < -0.39 is 0 Å². The third kappa shape index (κ3) is 4.26. The van der Waals surface area contributed by atoms with E-state index in [2.05, 4.69) is 43.4 Å². The largest absolute Gasteiger partial charge is 0.496 e. The molecule has 1 aromatic heterocycles. The second-order valence-electron chi connectivity index (χ2n) is 7.38. The SMILES string of the molecule is COc1ccccc1[C@H](CNCc1cc(=O)oc2cc(C)c(C)cc12)N(C)C. The lowest BCUT2D eigenvalue weighted by Crippen LogP contribution is -2.31. The molecular formula is C23H28N2O3. The van der Waals surface area contributed by atoms with Gasteiger partial charge in [0, 0.05) is 30.1 Å². The predicted molar refractivity (Wildman–Crippen MR) is 113 cm³/mol. The maximum atomic E-state index is 12.0. The first-order valence-electron chi connectivity index (χ1n) is 9.44. The highest BCUT2D eigenvalue weighted by Crippen LogP contribution is 2.27. The zero-order valence-corrected chi connectivity index (χ0v) is 17.2. The number of hydrogen-bond acceptors (Lipinski definition) is 5. The average molecular weight is 380 g/mol. The van der Waals surface area contributed by atoms with Gasteiger partial charge in [0.2, 0.25) is 0 Å². The topological polar surface area (TPSA) is 54.7 Å². The van der Waals surface area contributed by atoms with Crippen molar-refractivity contribution in [1.82, 2.24) is 10.2 Å². The van der Waals surface area contributed by atoms with Crippen molar-refractivity contribution in [2.75, 3.05) is 27.7 Å². The van der Waals surface area contributed by atoms with Gasteiger partial charge in [0.1, 0.15) is 11.3 Å². The van der Waals surface area contributed by atoms with Gasteiger partial charge < -0.3 is 19.4 Å². The van der Waals surface area contributed by atoms with Crippen LogP contribution in [0.4, 0.5) is 0 Å². The summed E-state index contributed by atoms with van der Waals surface area (Å²) in [5.41, 5.74) is 4.70. The Morgan fingerprint density at radius 2 is 1.82 bits per heavy atom. The van der Waals surface area contributed by atoms with Crippen LogP contribution in [0.3, 0.4) is 0 Å². The molecule has 5 nitrogen and oxygen atoms in total. The highest BCUT2D eigenvalue weighted by Gasteiger charge is 2.18. The van der Waals surface area contributed by atoms with Crippen LogP contribution < -0.4 is 15.7 Å². The van der Waals surface area contributed by atoms with Crippen LogP contribution in [0.1, 0.15) is 28.3 Å². The van der Waals surface area contributed by atoms with E-state index in [1.54, 1.807) is 13.2 Å². The Bertz CT molecular complexity index is 1020. The molecule has 0 spiro atoms. The number of para-hydroxylation sites is 1. The lowest BCUT2D eigenvalue weighted by atomic mass is 10.0. The van der Waals surface area contributed by atoms with Crippen molar-refractivity contribution < 1.29 is 9.15 Å². The lowest BCUT2D eigenvalue weighted by molar-refractivity contribution is 0.279. The fraction of sp³-hybridized carbons (Fsp3) is 0.348. The zero-order chi connectivity index (χ0) is 20.3. The zero-order valence-electron chi connectivity index (χ0n) is 17.2. The van der Waals surface area contributed by atoms with Gasteiger partial charge in [0.05, 0.1) is 13.2 Å². The Morgan fingerprint density at radius 3 is 2.54 bits per heavy atom. The number of nitrogens with one attached hydrogen (secondary N) is 1. The standard InChI is InChI=1S/C23H28N2O3/c1-15-10-19-17(12-23(26)28-22(19)11-16(15)2)13-24-14-20(25(3)4)18-8-6-7-9-21(18)27-5/h6-12,20,24H,13-14H2,1-5H3/t20-/m0/s1. The summed E-state index contributed by atoms with van der Waals surface area (Å²) in [7, 11) is 5.80. The van der Waals surface area contributed by atoms with Crippen molar-refractivity contribution in [2.45, 2.75) is 26.4 Å². The van der Waals surface area contributed by atoms with E-state index in [1.165, 1.54) is 5.56 Å². The number of aryl methyl sites for hydroxylation is 2. The summed E-state index contributed by atoms with van der Waals surface area (Å²) in [4.78, 5) is 14.2. The predicted octanol–water partition coefficient (Wildman–Crippen LogP) is 3.81. The van der Waals surface area contributed by atoms with Crippen molar-refractivity contribution in [2.24, 2.45) is 0 Å². The number of fused-ring (bicyclic) bond motifs is 1. The normalized spacial score (nSPS) is 12.5. The van der Waals surface area contributed by atoms with Crippen LogP contribution in [0.15, 0.2) is 51.7 Å². The van der Waals surface area contributed by atoms with Gasteiger partial charge in [-0.2, -0.15) is 0 Å². The van der Waals surface area contributed by atoms with Crippen LogP contribution in [-0.4, -0.2) is 32.6 Å². The smallest absolute Gasteiger partial charge is 0.336 e. The molecule has 3 rings (SSSR count). The first-order valence-corrected chi connectivity index (χ1v) is 9.44. The molecule has 0 saturated heterocycles. The van der Waals surface area contributed by atoms with Crippen LogP contribution >= 0.6 is 0 Å². The first-order chi connectivity index (χ1) is 13.4. The average Bonchev–Trinajstić information content (AvgIpc) is 2.66. The van der Waals surface area contributed by atoms with E-state index >= 15 is 0 Å². The quantitative estimate of drug-likeness (QED) is 0.632. The second-order valence-corrected chi connectivity index (χ2v) is 7.38. The third-order valence-electron chi connectivity index (χ3n) is 5.22. The molecule has 0 radical (unpaired) electrons. The molecule has 28 heavy (non-hydrogen) atoms. The summed E-state index contributed by atoms with van der Waals surface area (Å²) in [5.74, 6) is 0.875. The number of nitrogens with zero attached hydrogens (tertiary/aromatic N) is 1. The minimum absolute atomic E-state index is 0.145. The Hall–Kier alpha value is -2.63. The molecule has 1 atom stereocenters. The molecule has 1 N–H and O–H groups in total. The molecule has 0 aliphatic rings. The summed E-state index contributed by atoms with van der Waals surface area (Å²) in [6, 6.07) is 13.8. The highest BCUT2D eigenvalue weighted by atomic mass is 16.5. The van der Waals surface area contributed by atoms with Crippen molar-refractivity contribution >= 4 is 11.0 Å². The summed E-state index contributed by atoms with van der Waals surface area (Å²) >= 11 is 0. The summed E-state index contributed by atoms with van der Waals surface area (Å²) in [6.07, 6.45) is 0. The van der Waals surface area contributed by atoms with E-state index in [9.17, 15) is 4.79 Å². The van der Waals surface area contributed by atoms with Crippen molar-refractivity contribution in [3.8, 4) is 5.75 Å². The van der Waals surface area contributed by atoms with Gasteiger partial charge in [-0.15, -0.1) is 0 Å². The van der Waals surface area contributed by atoms with E-state index in [1.807, 2.05) is 31.2 Å². The van der Waals surface area contributed by atoms with Gasteiger partial charge in [-0.05, 0) is 62.8 Å². The Balaban J connectivity index is 1.83. The van der Waals surface area contributed by atoms with Crippen LogP contribution in [0.5, 0.6) is 5.75 Å². The maximum absolute atomic E-state index is 12.0. The van der Waals surface area contributed by atoms with E-state index in [0.29, 0.717) is 12.1 Å². The van der Waals surface area contributed by atoms with Crippen molar-refractivity contribution in [3.63, 3.8) is 0 Å². The molecule has 0 saturated carbocycles. The van der Waals surface area contributed by atoms with Gasteiger partial charge in [-0.3, -0.25) is 0 Å². The lowest BCUT2D eigenvalue weighted by Gasteiger charge is -2.26. The fourth-order valence-corrected chi connectivity index (χ4v) is 3.49. The van der Waals surface area contributed by atoms with Gasteiger partial charge in [-0.25, -0.2) is 4.79 Å². The van der Waals surface area contributed by atoms with Crippen molar-refractivity contribution in [3.05, 3.63) is 75.1 Å². The molecule has 3 aromatic rings. The van der Waals surface area contributed by atoms with Crippen LogP contribution in [-0.2, 0) is 6.54 Å². The van der Waals surface area contributed by atoms with Gasteiger partial charge in [0.25, 0.3) is 0 Å². The molecule has 2 aromatic carbocycles. The molecule has 0 aliphatic heterocycles. The number of likely N-dealkylation sites (N-methyl/N-ethyl adjacent to an activating group) is 1. The number of hydrogen-bond donors (Lipinski definition) is 1. The molecular weight excluding hydrogens is 352 g/mol.